The Kier molecular flexibility index (Phi) is 5.37. The third-order valence-corrected chi connectivity index (χ3v) is 6.67. The Morgan fingerprint density at radius 2 is 1.70 bits per heavy atom. The molecule has 4 nitrogen and oxygen atoms in total. The first-order valence-electron chi connectivity index (χ1n) is 11.8. The van der Waals surface area contributed by atoms with Crippen molar-refractivity contribution in [3.8, 4) is 11.3 Å². The van der Waals surface area contributed by atoms with Gasteiger partial charge in [-0.3, -0.25) is 4.68 Å². The fraction of sp³-hybridized carbons (Fsp3) is 0.241. The summed E-state index contributed by atoms with van der Waals surface area (Å²) < 4.78 is 7.82. The van der Waals surface area contributed by atoms with Gasteiger partial charge in [0.1, 0.15) is 5.69 Å². The molecule has 5 aromatic rings. The van der Waals surface area contributed by atoms with E-state index in [1.54, 1.807) is 0 Å². The third-order valence-electron chi connectivity index (χ3n) is 6.67. The molecule has 1 aromatic heterocycles. The number of hydrogen-bond acceptors (Lipinski definition) is 3. The molecule has 0 spiro atoms. The number of aromatic nitrogens is 3. The molecule has 4 heteroatoms. The molecular weight excluding hydrogens is 406 g/mol. The highest BCUT2D eigenvalue weighted by Crippen LogP contribution is 2.38. The van der Waals surface area contributed by atoms with Crippen molar-refractivity contribution in [1.82, 2.24) is 15.0 Å². The Hall–Kier alpha value is -3.50. The summed E-state index contributed by atoms with van der Waals surface area (Å²) in [5, 5.41) is 16.6. The topological polar surface area (TPSA) is 39.9 Å². The van der Waals surface area contributed by atoms with Gasteiger partial charge in [-0.25, -0.2) is 0 Å². The average Bonchev–Trinajstić information content (AvgIpc) is 3.34. The maximum absolute atomic E-state index is 5.86. The standard InChI is InChI=1S/C29H27N3O/c1-2-7-21(8-3-1)20-33-18-5-4-17-32-19-27(30-31-32)25-15-13-24-12-11-22-9-6-10-23-14-16-26(25)29(24)28(22)23/h1-3,6-7,9-16,19,21H,4-5,8,17-18,20H2. The number of nitrogens with zero attached hydrogens (tertiary/aromatic N) is 3. The second-order valence-corrected chi connectivity index (χ2v) is 8.93. The van der Waals surface area contributed by atoms with Gasteiger partial charge in [-0.05, 0) is 51.6 Å². The SMILES string of the molecule is C1=CCC(COCCCCn2cc(-c3ccc4ccc5cccc6ccc3c4c56)nn2)C=C1. The van der Waals surface area contributed by atoms with E-state index >= 15 is 0 Å². The van der Waals surface area contributed by atoms with Gasteiger partial charge in [0, 0.05) is 24.6 Å². The molecule has 4 aromatic carbocycles. The van der Waals surface area contributed by atoms with Crippen molar-refractivity contribution in [2.75, 3.05) is 13.2 Å². The second-order valence-electron chi connectivity index (χ2n) is 8.93. The number of allylic oxidation sites excluding steroid dienone is 3. The number of benzene rings is 4. The zero-order valence-electron chi connectivity index (χ0n) is 18.7. The Morgan fingerprint density at radius 1 is 0.879 bits per heavy atom. The van der Waals surface area contributed by atoms with E-state index in [0.717, 1.165) is 50.3 Å². The first-order chi connectivity index (χ1) is 16.4. The Bertz CT molecular complexity index is 1450. The molecule has 0 bridgehead atoms. The van der Waals surface area contributed by atoms with E-state index in [0.29, 0.717) is 5.92 Å². The number of ether oxygens (including phenoxy) is 1. The molecule has 0 aliphatic heterocycles. The van der Waals surface area contributed by atoms with Crippen LogP contribution in [-0.2, 0) is 11.3 Å². The van der Waals surface area contributed by atoms with E-state index in [4.69, 9.17) is 4.74 Å². The van der Waals surface area contributed by atoms with Crippen LogP contribution >= 0.6 is 0 Å². The highest BCUT2D eigenvalue weighted by molar-refractivity contribution is 6.25. The molecule has 6 rings (SSSR count). The molecule has 164 valence electrons. The monoisotopic (exact) mass is 433 g/mol. The fourth-order valence-corrected chi connectivity index (χ4v) is 4.96. The summed E-state index contributed by atoms with van der Waals surface area (Å²) in [5.74, 6) is 0.526. The van der Waals surface area contributed by atoms with Gasteiger partial charge in [0.15, 0.2) is 0 Å². The maximum atomic E-state index is 5.86. The smallest absolute Gasteiger partial charge is 0.113 e. The van der Waals surface area contributed by atoms with Gasteiger partial charge in [0.05, 0.1) is 12.8 Å². The summed E-state index contributed by atoms with van der Waals surface area (Å²) in [6, 6.07) is 19.8. The van der Waals surface area contributed by atoms with E-state index in [1.165, 1.54) is 32.3 Å². The van der Waals surface area contributed by atoms with Crippen molar-refractivity contribution < 1.29 is 4.74 Å². The lowest BCUT2D eigenvalue weighted by Crippen LogP contribution is -2.09. The molecule has 1 unspecified atom stereocenters. The van der Waals surface area contributed by atoms with Gasteiger partial charge in [0.2, 0.25) is 0 Å². The maximum Gasteiger partial charge on any atom is 0.113 e. The van der Waals surface area contributed by atoms with Gasteiger partial charge >= 0.3 is 0 Å². The number of aryl methyl sites for hydroxylation is 1. The van der Waals surface area contributed by atoms with Crippen molar-refractivity contribution in [3.05, 3.63) is 85.1 Å². The van der Waals surface area contributed by atoms with E-state index in [2.05, 4.69) is 95.4 Å². The second kappa shape index (κ2) is 8.80. The van der Waals surface area contributed by atoms with Crippen LogP contribution in [0.25, 0.3) is 43.6 Å². The summed E-state index contributed by atoms with van der Waals surface area (Å²) in [5.41, 5.74) is 2.08. The van der Waals surface area contributed by atoms with Crippen molar-refractivity contribution >= 4 is 32.3 Å². The van der Waals surface area contributed by atoms with Crippen LogP contribution in [0.1, 0.15) is 19.3 Å². The average molecular weight is 434 g/mol. The van der Waals surface area contributed by atoms with Gasteiger partial charge in [-0.2, -0.15) is 0 Å². The number of rotatable bonds is 8. The summed E-state index contributed by atoms with van der Waals surface area (Å²) in [7, 11) is 0. The van der Waals surface area contributed by atoms with E-state index in [-0.39, 0.29) is 0 Å². The minimum atomic E-state index is 0.526. The third kappa shape index (κ3) is 3.91. The van der Waals surface area contributed by atoms with Crippen LogP contribution < -0.4 is 0 Å². The van der Waals surface area contributed by atoms with E-state index in [9.17, 15) is 0 Å². The fourth-order valence-electron chi connectivity index (χ4n) is 4.96. The summed E-state index contributed by atoms with van der Waals surface area (Å²) in [6.45, 7) is 2.46. The van der Waals surface area contributed by atoms with Crippen LogP contribution in [0.2, 0.25) is 0 Å². The molecule has 0 amide bonds. The molecule has 33 heavy (non-hydrogen) atoms. The van der Waals surface area contributed by atoms with Gasteiger partial charge in [-0.1, -0.05) is 84.1 Å². The van der Waals surface area contributed by atoms with Crippen LogP contribution in [0.5, 0.6) is 0 Å². The lowest BCUT2D eigenvalue weighted by Gasteiger charge is -2.13. The first kappa shape index (κ1) is 20.1. The van der Waals surface area contributed by atoms with Crippen molar-refractivity contribution in [2.45, 2.75) is 25.8 Å². The molecule has 1 atom stereocenters. The van der Waals surface area contributed by atoms with Crippen LogP contribution in [0.3, 0.4) is 0 Å². The van der Waals surface area contributed by atoms with Crippen LogP contribution in [-0.4, -0.2) is 28.2 Å². The minimum Gasteiger partial charge on any atom is -0.381 e. The zero-order chi connectivity index (χ0) is 22.0. The van der Waals surface area contributed by atoms with Gasteiger partial charge in [-0.15, -0.1) is 5.10 Å². The normalized spacial score (nSPS) is 15.9. The first-order valence-corrected chi connectivity index (χ1v) is 11.8. The lowest BCUT2D eigenvalue weighted by molar-refractivity contribution is 0.108. The van der Waals surface area contributed by atoms with Crippen molar-refractivity contribution in [1.29, 1.82) is 0 Å². The highest BCUT2D eigenvalue weighted by Gasteiger charge is 2.13. The van der Waals surface area contributed by atoms with Crippen molar-refractivity contribution in [3.63, 3.8) is 0 Å². The Morgan fingerprint density at radius 3 is 2.55 bits per heavy atom. The molecule has 0 fully saturated rings. The van der Waals surface area contributed by atoms with Crippen LogP contribution in [0.4, 0.5) is 0 Å². The minimum absolute atomic E-state index is 0.526. The Balaban J connectivity index is 1.15. The summed E-state index contributed by atoms with van der Waals surface area (Å²) in [6.07, 6.45) is 13.9. The lowest BCUT2D eigenvalue weighted by atomic mass is 9.91. The zero-order valence-corrected chi connectivity index (χ0v) is 18.7. The highest BCUT2D eigenvalue weighted by atomic mass is 16.5. The van der Waals surface area contributed by atoms with E-state index in [1.807, 2.05) is 4.68 Å². The number of hydrogen-bond donors (Lipinski definition) is 0. The molecule has 0 radical (unpaired) electrons. The summed E-state index contributed by atoms with van der Waals surface area (Å²) >= 11 is 0. The predicted octanol–water partition coefficient (Wildman–Crippen LogP) is 6.77. The van der Waals surface area contributed by atoms with Crippen LogP contribution in [0.15, 0.2) is 85.1 Å². The number of unbranched alkanes of at least 4 members (excludes halogenated alkanes) is 1. The van der Waals surface area contributed by atoms with Crippen LogP contribution in [0, 0.1) is 5.92 Å². The Labute approximate surface area is 193 Å². The quantitative estimate of drug-likeness (QED) is 0.200. The van der Waals surface area contributed by atoms with Gasteiger partial charge in [0.25, 0.3) is 0 Å². The molecule has 0 saturated carbocycles. The van der Waals surface area contributed by atoms with Gasteiger partial charge < -0.3 is 4.74 Å². The summed E-state index contributed by atoms with van der Waals surface area (Å²) in [4.78, 5) is 0. The van der Waals surface area contributed by atoms with E-state index < -0.39 is 0 Å². The largest absolute Gasteiger partial charge is 0.381 e. The molecule has 1 aliphatic carbocycles. The predicted molar refractivity (Wildman–Crippen MR) is 136 cm³/mol. The molecule has 0 saturated heterocycles. The molecule has 1 heterocycles. The van der Waals surface area contributed by atoms with Crippen molar-refractivity contribution in [2.24, 2.45) is 5.92 Å². The molecular formula is C29H27N3O. The molecule has 0 N–H and O–H groups in total. The molecule has 1 aliphatic rings.